The highest BCUT2D eigenvalue weighted by Crippen LogP contribution is 2.08. The number of aryl methyl sites for hydroxylation is 1. The molecule has 0 unspecified atom stereocenters. The van der Waals surface area contributed by atoms with Crippen LogP contribution in [0.3, 0.4) is 0 Å². The molecule has 0 aliphatic carbocycles. The molecule has 0 aliphatic rings. The second-order valence-electron chi connectivity index (χ2n) is 2.60. The highest BCUT2D eigenvalue weighted by atomic mass is 79.9. The van der Waals surface area contributed by atoms with Crippen LogP contribution in [-0.4, -0.2) is 19.7 Å². The van der Waals surface area contributed by atoms with E-state index in [1.54, 1.807) is 17.1 Å². The summed E-state index contributed by atoms with van der Waals surface area (Å²) in [6, 6.07) is 1.85. The number of halogens is 1. The van der Waals surface area contributed by atoms with E-state index in [1.165, 1.54) is 0 Å². The van der Waals surface area contributed by atoms with Gasteiger partial charge < -0.3 is 0 Å². The molecule has 13 heavy (non-hydrogen) atoms. The lowest BCUT2D eigenvalue weighted by molar-refractivity contribution is 0.801. The van der Waals surface area contributed by atoms with Gasteiger partial charge in [-0.3, -0.25) is 0 Å². The Morgan fingerprint density at radius 1 is 1.46 bits per heavy atom. The van der Waals surface area contributed by atoms with E-state index >= 15 is 0 Å². The van der Waals surface area contributed by atoms with Crippen molar-refractivity contribution in [1.29, 1.82) is 0 Å². The van der Waals surface area contributed by atoms with Gasteiger partial charge in [0.25, 0.3) is 5.95 Å². The molecule has 66 valence electrons. The lowest BCUT2D eigenvalue weighted by atomic mass is 10.5. The van der Waals surface area contributed by atoms with E-state index in [2.05, 4.69) is 31.0 Å². The van der Waals surface area contributed by atoms with Crippen LogP contribution < -0.4 is 0 Å². The molecule has 0 bridgehead atoms. The Kier molecular flexibility index (Phi) is 2.10. The number of hydrogen-bond acceptors (Lipinski definition) is 3. The first-order chi connectivity index (χ1) is 6.25. The molecule has 0 saturated carbocycles. The van der Waals surface area contributed by atoms with Crippen molar-refractivity contribution < 1.29 is 0 Å². The summed E-state index contributed by atoms with van der Waals surface area (Å²) in [5.74, 6) is 0.589. The van der Waals surface area contributed by atoms with Crippen LogP contribution in [0.4, 0.5) is 0 Å². The summed E-state index contributed by atoms with van der Waals surface area (Å²) in [6.07, 6.45) is 5.23. The van der Waals surface area contributed by atoms with E-state index in [-0.39, 0.29) is 0 Å². The van der Waals surface area contributed by atoms with Crippen molar-refractivity contribution in [3.63, 3.8) is 0 Å². The minimum Gasteiger partial charge on any atom is -0.220 e. The smallest absolute Gasteiger partial charge is 0.220 e. The van der Waals surface area contributed by atoms with Gasteiger partial charge in [0.15, 0.2) is 0 Å². The first kappa shape index (κ1) is 8.37. The molecule has 0 saturated heterocycles. The minimum absolute atomic E-state index is 0.589. The number of hydrogen-bond donors (Lipinski definition) is 0. The molecular formula is C8H7BrN4. The van der Waals surface area contributed by atoms with Gasteiger partial charge in [0, 0.05) is 18.1 Å². The number of nitrogens with zero attached hydrogens (tertiary/aromatic N) is 4. The van der Waals surface area contributed by atoms with Gasteiger partial charge in [-0.15, -0.1) is 0 Å². The van der Waals surface area contributed by atoms with Crippen molar-refractivity contribution in [2.45, 2.75) is 6.92 Å². The van der Waals surface area contributed by atoms with E-state index in [0.717, 1.165) is 10.2 Å². The second-order valence-corrected chi connectivity index (χ2v) is 3.52. The van der Waals surface area contributed by atoms with Crippen molar-refractivity contribution in [1.82, 2.24) is 19.7 Å². The van der Waals surface area contributed by atoms with Gasteiger partial charge in [0.05, 0.1) is 10.7 Å². The second kappa shape index (κ2) is 3.26. The van der Waals surface area contributed by atoms with Crippen LogP contribution in [-0.2, 0) is 0 Å². The normalized spacial score (nSPS) is 10.3. The van der Waals surface area contributed by atoms with Crippen molar-refractivity contribution in [3.05, 3.63) is 34.8 Å². The maximum absolute atomic E-state index is 4.23. The van der Waals surface area contributed by atoms with Gasteiger partial charge in [0.2, 0.25) is 0 Å². The number of aromatic nitrogens is 4. The van der Waals surface area contributed by atoms with Gasteiger partial charge in [-0.05, 0) is 28.9 Å². The Hall–Kier alpha value is -1.23. The third kappa shape index (κ3) is 1.75. The van der Waals surface area contributed by atoms with E-state index < -0.39 is 0 Å². The van der Waals surface area contributed by atoms with Crippen LogP contribution in [0.2, 0.25) is 0 Å². The molecule has 0 fully saturated rings. The minimum atomic E-state index is 0.589. The van der Waals surface area contributed by atoms with Gasteiger partial charge >= 0.3 is 0 Å². The van der Waals surface area contributed by atoms with Crippen LogP contribution in [0.1, 0.15) is 5.69 Å². The van der Waals surface area contributed by atoms with Crippen LogP contribution in [0.15, 0.2) is 29.1 Å². The fourth-order valence-electron chi connectivity index (χ4n) is 0.956. The maximum Gasteiger partial charge on any atom is 0.250 e. The fraction of sp³-hybridized carbons (Fsp3) is 0.125. The lowest BCUT2D eigenvalue weighted by Gasteiger charge is -1.98. The highest BCUT2D eigenvalue weighted by molar-refractivity contribution is 9.10. The van der Waals surface area contributed by atoms with Crippen molar-refractivity contribution in [2.24, 2.45) is 0 Å². The molecule has 0 aromatic carbocycles. The van der Waals surface area contributed by atoms with Gasteiger partial charge in [0.1, 0.15) is 0 Å². The highest BCUT2D eigenvalue weighted by Gasteiger charge is 2.00. The summed E-state index contributed by atoms with van der Waals surface area (Å²) in [5.41, 5.74) is 0.927. The SMILES string of the molecule is Cc1ccnc(-n2cc(Br)cn2)n1. The van der Waals surface area contributed by atoms with Gasteiger partial charge in [-0.2, -0.15) is 5.10 Å². The molecular weight excluding hydrogens is 232 g/mol. The monoisotopic (exact) mass is 238 g/mol. The van der Waals surface area contributed by atoms with E-state index in [4.69, 9.17) is 0 Å². The quantitative estimate of drug-likeness (QED) is 0.761. The molecule has 0 radical (unpaired) electrons. The summed E-state index contributed by atoms with van der Waals surface area (Å²) in [6.45, 7) is 1.92. The predicted molar refractivity (Wildman–Crippen MR) is 51.6 cm³/mol. The van der Waals surface area contributed by atoms with Crippen LogP contribution in [0.5, 0.6) is 0 Å². The number of rotatable bonds is 1. The first-order valence-electron chi connectivity index (χ1n) is 3.76. The lowest BCUT2D eigenvalue weighted by Crippen LogP contribution is -2.01. The van der Waals surface area contributed by atoms with Crippen LogP contribution in [0, 0.1) is 6.92 Å². The van der Waals surface area contributed by atoms with Crippen LogP contribution in [0.25, 0.3) is 5.95 Å². The largest absolute Gasteiger partial charge is 0.250 e. The summed E-state index contributed by atoms with van der Waals surface area (Å²) in [4.78, 5) is 8.32. The van der Waals surface area contributed by atoms with Crippen molar-refractivity contribution in [3.8, 4) is 5.95 Å². The fourth-order valence-corrected chi connectivity index (χ4v) is 1.24. The summed E-state index contributed by atoms with van der Waals surface area (Å²) >= 11 is 3.31. The average molecular weight is 239 g/mol. The van der Waals surface area contributed by atoms with Gasteiger partial charge in [-0.1, -0.05) is 0 Å². The van der Waals surface area contributed by atoms with E-state index in [1.807, 2.05) is 19.2 Å². The Bertz CT molecular complexity index is 424. The summed E-state index contributed by atoms with van der Waals surface area (Å²) in [7, 11) is 0. The molecule has 0 N–H and O–H groups in total. The Morgan fingerprint density at radius 3 is 2.92 bits per heavy atom. The Morgan fingerprint density at radius 2 is 2.31 bits per heavy atom. The predicted octanol–water partition coefficient (Wildman–Crippen LogP) is 1.73. The molecule has 2 rings (SSSR count). The summed E-state index contributed by atoms with van der Waals surface area (Å²) in [5, 5.41) is 4.07. The maximum atomic E-state index is 4.23. The molecule has 4 nitrogen and oxygen atoms in total. The first-order valence-corrected chi connectivity index (χ1v) is 4.55. The van der Waals surface area contributed by atoms with Gasteiger partial charge in [-0.25, -0.2) is 14.6 Å². The zero-order valence-corrected chi connectivity index (χ0v) is 8.56. The molecule has 2 heterocycles. The molecule has 5 heteroatoms. The average Bonchev–Trinajstić information content (AvgIpc) is 2.52. The van der Waals surface area contributed by atoms with E-state index in [9.17, 15) is 0 Å². The van der Waals surface area contributed by atoms with E-state index in [0.29, 0.717) is 5.95 Å². The standard InChI is InChI=1S/C8H7BrN4/c1-6-2-3-10-8(12-6)13-5-7(9)4-11-13/h2-5H,1H3. The topological polar surface area (TPSA) is 43.6 Å². The molecule has 0 amide bonds. The molecule has 2 aromatic rings. The molecule has 0 atom stereocenters. The van der Waals surface area contributed by atoms with Crippen molar-refractivity contribution in [2.75, 3.05) is 0 Å². The molecule has 0 spiro atoms. The Labute approximate surface area is 83.8 Å². The summed E-state index contributed by atoms with van der Waals surface area (Å²) < 4.78 is 2.54. The molecule has 0 aliphatic heterocycles. The van der Waals surface area contributed by atoms with Crippen LogP contribution >= 0.6 is 15.9 Å². The van der Waals surface area contributed by atoms with Crippen molar-refractivity contribution >= 4 is 15.9 Å². The zero-order valence-electron chi connectivity index (χ0n) is 6.98. The molecule has 2 aromatic heterocycles. The Balaban J connectivity index is 2.46. The zero-order chi connectivity index (χ0) is 9.26. The third-order valence-electron chi connectivity index (χ3n) is 1.54. The third-order valence-corrected chi connectivity index (χ3v) is 1.95.